The quantitative estimate of drug-likeness (QED) is 0.417. The van der Waals surface area contributed by atoms with Gasteiger partial charge < -0.3 is 13.9 Å². The van der Waals surface area contributed by atoms with Crippen LogP contribution in [0, 0.1) is 13.8 Å². The summed E-state index contributed by atoms with van der Waals surface area (Å²) in [5, 5.41) is 8.32. The zero-order chi connectivity index (χ0) is 20.0. The number of nitrogens with zero attached hydrogens (tertiary/aromatic N) is 4. The zero-order valence-corrected chi connectivity index (χ0v) is 17.0. The van der Waals surface area contributed by atoms with Crippen molar-refractivity contribution in [3.63, 3.8) is 0 Å². The molecular weight excluding hydrogens is 388 g/mol. The Kier molecular flexibility index (Phi) is 4.21. The number of methoxy groups -OCH3 is 1. The summed E-state index contributed by atoms with van der Waals surface area (Å²) in [4.78, 5) is 9.07. The van der Waals surface area contributed by atoms with Crippen molar-refractivity contribution >= 4 is 28.0 Å². The van der Waals surface area contributed by atoms with E-state index >= 15 is 0 Å². The predicted octanol–water partition coefficient (Wildman–Crippen LogP) is 4.80. The van der Waals surface area contributed by atoms with Gasteiger partial charge in [-0.1, -0.05) is 0 Å². The lowest BCUT2D eigenvalue weighted by Crippen LogP contribution is -1.96. The van der Waals surface area contributed by atoms with E-state index in [1.165, 1.54) is 0 Å². The number of aryl methyl sites for hydroxylation is 2. The Morgan fingerprint density at radius 1 is 1.14 bits per heavy atom. The second-order valence-electron chi connectivity index (χ2n) is 6.70. The maximum absolute atomic E-state index is 6.08. The minimum Gasteiger partial charge on any atom is -0.496 e. The van der Waals surface area contributed by atoms with Crippen LogP contribution in [0.4, 0.5) is 0 Å². The van der Waals surface area contributed by atoms with E-state index in [-0.39, 0.29) is 0 Å². The number of furan rings is 1. The van der Waals surface area contributed by atoms with Crippen LogP contribution in [-0.2, 0) is 6.61 Å². The van der Waals surface area contributed by atoms with Crippen molar-refractivity contribution in [2.24, 2.45) is 0 Å². The molecule has 7 nitrogen and oxygen atoms in total. The normalized spacial score (nSPS) is 11.4. The van der Waals surface area contributed by atoms with Gasteiger partial charge in [0.1, 0.15) is 29.4 Å². The first-order valence-corrected chi connectivity index (χ1v) is 9.96. The summed E-state index contributed by atoms with van der Waals surface area (Å²) in [6, 6.07) is 9.50. The molecule has 0 fully saturated rings. The van der Waals surface area contributed by atoms with E-state index in [4.69, 9.17) is 13.9 Å². The van der Waals surface area contributed by atoms with Gasteiger partial charge in [-0.25, -0.2) is 14.5 Å². The molecule has 0 unspecified atom stereocenters. The van der Waals surface area contributed by atoms with E-state index in [0.717, 1.165) is 27.4 Å². The van der Waals surface area contributed by atoms with Crippen LogP contribution in [-0.4, -0.2) is 26.7 Å². The van der Waals surface area contributed by atoms with Gasteiger partial charge in [0, 0.05) is 17.5 Å². The summed E-state index contributed by atoms with van der Waals surface area (Å²) in [5.74, 6) is 1.98. The highest BCUT2D eigenvalue weighted by Gasteiger charge is 2.16. The highest BCUT2D eigenvalue weighted by atomic mass is 32.1. The van der Waals surface area contributed by atoms with Gasteiger partial charge in [0.2, 0.25) is 0 Å². The van der Waals surface area contributed by atoms with Gasteiger partial charge >= 0.3 is 0 Å². The molecular formula is C21H18N4O3S. The summed E-state index contributed by atoms with van der Waals surface area (Å²) in [5.41, 5.74) is 3.96. The topological polar surface area (TPSA) is 74.7 Å². The Labute approximate surface area is 170 Å². The molecule has 0 saturated heterocycles. The van der Waals surface area contributed by atoms with Crippen molar-refractivity contribution in [1.82, 2.24) is 19.6 Å². The Morgan fingerprint density at radius 2 is 2.03 bits per heavy atom. The lowest BCUT2D eigenvalue weighted by Gasteiger charge is -2.07. The van der Waals surface area contributed by atoms with Crippen molar-refractivity contribution in [3.05, 3.63) is 58.3 Å². The number of ether oxygens (including phenoxy) is 2. The van der Waals surface area contributed by atoms with E-state index in [9.17, 15) is 0 Å². The van der Waals surface area contributed by atoms with E-state index in [2.05, 4.69) is 15.1 Å². The molecule has 0 radical (unpaired) electrons. The van der Waals surface area contributed by atoms with Crippen LogP contribution < -0.4 is 9.47 Å². The number of rotatable bonds is 5. The molecule has 0 atom stereocenters. The summed E-state index contributed by atoms with van der Waals surface area (Å²) < 4.78 is 19.3. The minimum atomic E-state index is 0.380. The van der Waals surface area contributed by atoms with Crippen LogP contribution in [0.3, 0.4) is 0 Å². The molecule has 29 heavy (non-hydrogen) atoms. The van der Waals surface area contributed by atoms with Gasteiger partial charge in [0.25, 0.3) is 0 Å². The molecule has 0 aliphatic heterocycles. The summed E-state index contributed by atoms with van der Waals surface area (Å²) in [7, 11) is 1.62. The first-order chi connectivity index (χ1) is 14.1. The average molecular weight is 406 g/mol. The number of aromatic nitrogens is 4. The molecule has 0 spiro atoms. The highest BCUT2D eigenvalue weighted by Crippen LogP contribution is 2.37. The Hall–Kier alpha value is -3.39. The second-order valence-corrected chi connectivity index (χ2v) is 7.76. The van der Waals surface area contributed by atoms with E-state index < -0.39 is 0 Å². The number of fused-ring (bicyclic) bond motifs is 2. The number of benzene rings is 1. The van der Waals surface area contributed by atoms with Crippen LogP contribution in [0.5, 0.6) is 11.5 Å². The Balaban J connectivity index is 1.55. The average Bonchev–Trinajstić information content (AvgIpc) is 3.42. The standard InChI is InChI=1S/C21H18N4O3S/c1-12-4-5-21-23-17(9-25(21)24-12)20-8-16-18(6-15(26-3)7-19(16)28-20)27-10-14-11-29-13(2)22-14/h4-9,11H,10H2,1-3H3. The van der Waals surface area contributed by atoms with Gasteiger partial charge in [0.15, 0.2) is 11.4 Å². The third-order valence-corrected chi connectivity index (χ3v) is 5.38. The molecule has 0 amide bonds. The summed E-state index contributed by atoms with van der Waals surface area (Å²) in [6.07, 6.45) is 1.86. The maximum Gasteiger partial charge on any atom is 0.155 e. The van der Waals surface area contributed by atoms with Crippen LogP contribution >= 0.6 is 11.3 Å². The van der Waals surface area contributed by atoms with Crippen molar-refractivity contribution in [2.75, 3.05) is 7.11 Å². The molecule has 5 aromatic rings. The largest absolute Gasteiger partial charge is 0.496 e. The lowest BCUT2D eigenvalue weighted by atomic mass is 10.2. The molecule has 146 valence electrons. The van der Waals surface area contributed by atoms with Crippen molar-refractivity contribution < 1.29 is 13.9 Å². The zero-order valence-electron chi connectivity index (χ0n) is 16.2. The third kappa shape index (κ3) is 3.31. The van der Waals surface area contributed by atoms with Crippen molar-refractivity contribution in [2.45, 2.75) is 20.5 Å². The first kappa shape index (κ1) is 17.7. The molecule has 1 aromatic carbocycles. The predicted molar refractivity (Wildman–Crippen MR) is 111 cm³/mol. The fraction of sp³-hybridized carbons (Fsp3) is 0.190. The molecule has 4 heterocycles. The molecule has 0 N–H and O–H groups in total. The second kappa shape index (κ2) is 6.89. The highest BCUT2D eigenvalue weighted by molar-refractivity contribution is 7.09. The van der Waals surface area contributed by atoms with Crippen molar-refractivity contribution in [3.8, 4) is 23.0 Å². The molecule has 4 aromatic heterocycles. The molecule has 8 heteroatoms. The minimum absolute atomic E-state index is 0.380. The van der Waals surface area contributed by atoms with Crippen LogP contribution in [0.25, 0.3) is 28.1 Å². The fourth-order valence-corrected chi connectivity index (χ4v) is 3.77. The number of hydrogen-bond donors (Lipinski definition) is 0. The number of thiazole rings is 1. The van der Waals surface area contributed by atoms with Gasteiger partial charge in [0.05, 0.1) is 35.1 Å². The summed E-state index contributed by atoms with van der Waals surface area (Å²) >= 11 is 1.60. The third-order valence-electron chi connectivity index (χ3n) is 4.56. The fourth-order valence-electron chi connectivity index (χ4n) is 3.17. The SMILES string of the molecule is COc1cc(OCc2csc(C)n2)c2cc(-c3cn4nc(C)ccc4n3)oc2c1. The van der Waals surface area contributed by atoms with Crippen LogP contribution in [0.15, 0.2) is 46.3 Å². The monoisotopic (exact) mass is 406 g/mol. The number of imidazole rings is 1. The number of hydrogen-bond acceptors (Lipinski definition) is 7. The lowest BCUT2D eigenvalue weighted by molar-refractivity contribution is 0.303. The van der Waals surface area contributed by atoms with Crippen LogP contribution in [0.1, 0.15) is 16.4 Å². The molecule has 0 bridgehead atoms. The molecule has 0 aliphatic carbocycles. The van der Waals surface area contributed by atoms with Gasteiger partial charge in [-0.3, -0.25) is 0 Å². The summed E-state index contributed by atoms with van der Waals surface area (Å²) in [6.45, 7) is 4.30. The Bertz CT molecular complexity index is 1330. The maximum atomic E-state index is 6.08. The first-order valence-electron chi connectivity index (χ1n) is 9.08. The smallest absolute Gasteiger partial charge is 0.155 e. The van der Waals surface area contributed by atoms with E-state index in [0.29, 0.717) is 35.1 Å². The van der Waals surface area contributed by atoms with Gasteiger partial charge in [-0.15, -0.1) is 11.3 Å². The van der Waals surface area contributed by atoms with Gasteiger partial charge in [-0.2, -0.15) is 5.10 Å². The van der Waals surface area contributed by atoms with Gasteiger partial charge in [-0.05, 0) is 32.0 Å². The molecule has 5 rings (SSSR count). The Morgan fingerprint density at radius 3 is 2.83 bits per heavy atom. The van der Waals surface area contributed by atoms with E-state index in [1.807, 2.05) is 55.8 Å². The van der Waals surface area contributed by atoms with Crippen molar-refractivity contribution in [1.29, 1.82) is 0 Å². The van der Waals surface area contributed by atoms with Crippen LogP contribution in [0.2, 0.25) is 0 Å². The molecule has 0 saturated carbocycles. The van der Waals surface area contributed by atoms with E-state index in [1.54, 1.807) is 23.0 Å². The molecule has 0 aliphatic rings.